The molecule has 0 atom stereocenters. The summed E-state index contributed by atoms with van der Waals surface area (Å²) in [5.41, 5.74) is 1.14. The highest BCUT2D eigenvalue weighted by Gasteiger charge is 2.35. The van der Waals surface area contributed by atoms with Gasteiger partial charge in [0.1, 0.15) is 0 Å². The molecular formula is C16H22N2O3. The summed E-state index contributed by atoms with van der Waals surface area (Å²) in [6, 6.07) is 3.76. The number of amides is 1. The van der Waals surface area contributed by atoms with Gasteiger partial charge >= 0.3 is 5.97 Å². The Labute approximate surface area is 124 Å². The predicted octanol–water partition coefficient (Wildman–Crippen LogP) is 2.23. The van der Waals surface area contributed by atoms with Gasteiger partial charge in [-0.3, -0.25) is 14.6 Å². The molecule has 0 aromatic carbocycles. The van der Waals surface area contributed by atoms with E-state index in [4.69, 9.17) is 5.11 Å². The van der Waals surface area contributed by atoms with Crippen LogP contribution in [0.4, 0.5) is 0 Å². The van der Waals surface area contributed by atoms with Crippen molar-refractivity contribution in [2.45, 2.75) is 57.4 Å². The molecular weight excluding hydrogens is 268 g/mol. The molecule has 0 spiro atoms. The minimum atomic E-state index is -0.855. The molecule has 1 heterocycles. The molecule has 0 aliphatic heterocycles. The molecule has 1 saturated carbocycles. The summed E-state index contributed by atoms with van der Waals surface area (Å²) < 4.78 is 0. The third-order valence-corrected chi connectivity index (χ3v) is 4.15. The highest BCUT2D eigenvalue weighted by Crippen LogP contribution is 2.31. The Kier molecular flexibility index (Phi) is 4.94. The number of nitrogens with zero attached hydrogens (tertiary/aromatic N) is 1. The van der Waals surface area contributed by atoms with Gasteiger partial charge in [0.15, 0.2) is 0 Å². The molecule has 1 aliphatic rings. The fourth-order valence-electron chi connectivity index (χ4n) is 3.06. The number of aryl methyl sites for hydroxylation is 1. The van der Waals surface area contributed by atoms with E-state index >= 15 is 0 Å². The molecule has 0 radical (unpaired) electrons. The number of rotatable bonds is 5. The third-order valence-electron chi connectivity index (χ3n) is 4.15. The van der Waals surface area contributed by atoms with Crippen LogP contribution in [0.25, 0.3) is 0 Å². The fraction of sp³-hybridized carbons (Fsp3) is 0.562. The van der Waals surface area contributed by atoms with Crippen molar-refractivity contribution in [2.75, 3.05) is 0 Å². The molecule has 1 aromatic heterocycles. The second kappa shape index (κ2) is 6.70. The quantitative estimate of drug-likeness (QED) is 0.871. The molecule has 0 saturated heterocycles. The number of hydrogen-bond donors (Lipinski definition) is 2. The standard InChI is InChI=1S/C16H22N2O3/c1-12-6-5-9-17-13(12)10-14(19)18-16(11-15(20)21)7-3-2-4-8-16/h5-6,9H,2-4,7-8,10-11H2,1H3,(H,18,19)(H,20,21). The molecule has 0 bridgehead atoms. The van der Waals surface area contributed by atoms with Crippen LogP contribution in [-0.4, -0.2) is 27.5 Å². The molecule has 1 aromatic rings. The van der Waals surface area contributed by atoms with Crippen LogP contribution in [0.5, 0.6) is 0 Å². The molecule has 5 heteroatoms. The average Bonchev–Trinajstić information content (AvgIpc) is 2.41. The highest BCUT2D eigenvalue weighted by molar-refractivity contribution is 5.80. The second-order valence-electron chi connectivity index (χ2n) is 5.90. The molecule has 114 valence electrons. The summed E-state index contributed by atoms with van der Waals surface area (Å²) in [7, 11) is 0. The maximum absolute atomic E-state index is 12.3. The first kappa shape index (κ1) is 15.5. The largest absolute Gasteiger partial charge is 0.481 e. The summed E-state index contributed by atoms with van der Waals surface area (Å²) in [5, 5.41) is 12.1. The van der Waals surface area contributed by atoms with Gasteiger partial charge in [-0.15, -0.1) is 0 Å². The Hall–Kier alpha value is -1.91. The van der Waals surface area contributed by atoms with Crippen molar-refractivity contribution in [3.63, 3.8) is 0 Å². The SMILES string of the molecule is Cc1cccnc1CC(=O)NC1(CC(=O)O)CCCCC1. The first-order valence-corrected chi connectivity index (χ1v) is 7.44. The van der Waals surface area contributed by atoms with E-state index in [1.54, 1.807) is 6.20 Å². The Morgan fingerprint density at radius 3 is 2.67 bits per heavy atom. The van der Waals surface area contributed by atoms with Gasteiger partial charge in [0, 0.05) is 6.20 Å². The molecule has 0 unspecified atom stereocenters. The summed E-state index contributed by atoms with van der Waals surface area (Å²) >= 11 is 0. The maximum Gasteiger partial charge on any atom is 0.305 e. The van der Waals surface area contributed by atoms with E-state index in [0.717, 1.165) is 43.4 Å². The van der Waals surface area contributed by atoms with Crippen molar-refractivity contribution >= 4 is 11.9 Å². The topological polar surface area (TPSA) is 79.3 Å². The lowest BCUT2D eigenvalue weighted by atomic mass is 9.79. The molecule has 1 fully saturated rings. The van der Waals surface area contributed by atoms with Gasteiger partial charge in [0.2, 0.25) is 5.91 Å². The van der Waals surface area contributed by atoms with Crippen LogP contribution >= 0.6 is 0 Å². The van der Waals surface area contributed by atoms with E-state index in [-0.39, 0.29) is 18.7 Å². The van der Waals surface area contributed by atoms with Crippen molar-refractivity contribution in [1.82, 2.24) is 10.3 Å². The molecule has 1 amide bonds. The number of carbonyl (C=O) groups excluding carboxylic acids is 1. The number of pyridine rings is 1. The number of carbonyl (C=O) groups is 2. The van der Waals surface area contributed by atoms with Crippen molar-refractivity contribution in [3.05, 3.63) is 29.6 Å². The van der Waals surface area contributed by atoms with Crippen molar-refractivity contribution in [1.29, 1.82) is 0 Å². The Morgan fingerprint density at radius 1 is 1.33 bits per heavy atom. The minimum Gasteiger partial charge on any atom is -0.481 e. The van der Waals surface area contributed by atoms with E-state index < -0.39 is 11.5 Å². The highest BCUT2D eigenvalue weighted by atomic mass is 16.4. The number of carboxylic acid groups (broad SMARTS) is 1. The van der Waals surface area contributed by atoms with E-state index in [9.17, 15) is 9.59 Å². The van der Waals surface area contributed by atoms with Gasteiger partial charge in [-0.05, 0) is 31.4 Å². The van der Waals surface area contributed by atoms with Crippen LogP contribution < -0.4 is 5.32 Å². The smallest absolute Gasteiger partial charge is 0.305 e. The van der Waals surface area contributed by atoms with Gasteiger partial charge in [-0.2, -0.15) is 0 Å². The van der Waals surface area contributed by atoms with Crippen molar-refractivity contribution < 1.29 is 14.7 Å². The van der Waals surface area contributed by atoms with Crippen molar-refractivity contribution in [2.24, 2.45) is 0 Å². The first-order chi connectivity index (χ1) is 10.0. The number of carboxylic acids is 1. The fourth-order valence-corrected chi connectivity index (χ4v) is 3.06. The zero-order chi connectivity index (χ0) is 15.3. The van der Waals surface area contributed by atoms with Gasteiger partial charge in [0.25, 0.3) is 0 Å². The Bertz CT molecular complexity index is 522. The number of hydrogen-bond acceptors (Lipinski definition) is 3. The number of aromatic nitrogens is 1. The zero-order valence-corrected chi connectivity index (χ0v) is 12.4. The van der Waals surface area contributed by atoms with Crippen LogP contribution in [-0.2, 0) is 16.0 Å². The van der Waals surface area contributed by atoms with Crippen LogP contribution in [0.3, 0.4) is 0 Å². The van der Waals surface area contributed by atoms with Crippen LogP contribution in [0.15, 0.2) is 18.3 Å². The molecule has 2 rings (SSSR count). The monoisotopic (exact) mass is 290 g/mol. The molecule has 2 N–H and O–H groups in total. The Morgan fingerprint density at radius 2 is 2.05 bits per heavy atom. The predicted molar refractivity (Wildman–Crippen MR) is 78.9 cm³/mol. The van der Waals surface area contributed by atoms with Crippen LogP contribution in [0.2, 0.25) is 0 Å². The first-order valence-electron chi connectivity index (χ1n) is 7.44. The van der Waals surface area contributed by atoms with Crippen LogP contribution in [0, 0.1) is 6.92 Å². The lowest BCUT2D eigenvalue weighted by molar-refractivity contribution is -0.139. The third kappa shape index (κ3) is 4.28. The Balaban J connectivity index is 2.04. The molecule has 1 aliphatic carbocycles. The number of nitrogens with one attached hydrogen (secondary N) is 1. The van der Waals surface area contributed by atoms with E-state index in [1.807, 2.05) is 19.1 Å². The number of aliphatic carboxylic acids is 1. The normalized spacial score (nSPS) is 17.2. The van der Waals surface area contributed by atoms with E-state index in [2.05, 4.69) is 10.3 Å². The van der Waals surface area contributed by atoms with E-state index in [0.29, 0.717) is 0 Å². The summed E-state index contributed by atoms with van der Waals surface area (Å²) in [6.45, 7) is 1.92. The van der Waals surface area contributed by atoms with Gasteiger partial charge in [-0.1, -0.05) is 25.3 Å². The average molecular weight is 290 g/mol. The second-order valence-corrected chi connectivity index (χ2v) is 5.90. The summed E-state index contributed by atoms with van der Waals surface area (Å²) in [5.74, 6) is -0.994. The van der Waals surface area contributed by atoms with Gasteiger partial charge in [0.05, 0.1) is 24.1 Å². The molecule has 5 nitrogen and oxygen atoms in total. The van der Waals surface area contributed by atoms with Crippen molar-refractivity contribution in [3.8, 4) is 0 Å². The summed E-state index contributed by atoms with van der Waals surface area (Å²) in [6.07, 6.45) is 6.40. The van der Waals surface area contributed by atoms with Gasteiger partial charge < -0.3 is 10.4 Å². The van der Waals surface area contributed by atoms with Gasteiger partial charge in [-0.25, -0.2) is 0 Å². The lowest BCUT2D eigenvalue weighted by Gasteiger charge is -2.37. The molecule has 21 heavy (non-hydrogen) atoms. The zero-order valence-electron chi connectivity index (χ0n) is 12.4. The lowest BCUT2D eigenvalue weighted by Crippen LogP contribution is -2.51. The van der Waals surface area contributed by atoms with E-state index in [1.165, 1.54) is 0 Å². The minimum absolute atomic E-state index is 0.0000591. The summed E-state index contributed by atoms with van der Waals surface area (Å²) in [4.78, 5) is 27.6. The maximum atomic E-state index is 12.3. The van der Waals surface area contributed by atoms with Crippen LogP contribution in [0.1, 0.15) is 49.8 Å².